The molecular weight excluding hydrogens is 531 g/mol. The number of carboxylic acid groups (broad SMARTS) is 1. The number of benzene rings is 1. The minimum Gasteiger partial charge on any atom is -0.475 e. The first-order valence-corrected chi connectivity index (χ1v) is 12.1. The smallest absolute Gasteiger partial charge is 0.475 e. The zero-order valence-electron chi connectivity index (χ0n) is 18.7. The average molecular weight is 552 g/mol. The summed E-state index contributed by atoms with van der Waals surface area (Å²) >= 11 is 6.00. The van der Waals surface area contributed by atoms with Crippen molar-refractivity contribution in [1.82, 2.24) is 9.71 Å². The molecule has 0 spiro atoms. The minimum atomic E-state index is -5.08. The van der Waals surface area contributed by atoms with Crippen molar-refractivity contribution in [2.45, 2.75) is 24.4 Å². The molecule has 196 valence electrons. The fourth-order valence-corrected chi connectivity index (χ4v) is 4.32. The van der Waals surface area contributed by atoms with Gasteiger partial charge in [0.15, 0.2) is 5.78 Å². The summed E-state index contributed by atoms with van der Waals surface area (Å²) in [6.45, 7) is 4.25. The van der Waals surface area contributed by atoms with Crippen molar-refractivity contribution in [3.05, 3.63) is 52.7 Å². The molecule has 10 nitrogen and oxygen atoms in total. The number of sulfonamides is 1. The summed E-state index contributed by atoms with van der Waals surface area (Å²) in [5.41, 5.74) is 0.295. The van der Waals surface area contributed by atoms with Crippen molar-refractivity contribution < 1.29 is 45.8 Å². The maximum atomic E-state index is 12.6. The number of carbonyl (C=O) groups is 3. The van der Waals surface area contributed by atoms with E-state index in [-0.39, 0.29) is 33.2 Å². The van der Waals surface area contributed by atoms with Crippen LogP contribution in [0.1, 0.15) is 34.1 Å². The number of anilines is 1. The van der Waals surface area contributed by atoms with Gasteiger partial charge in [0.2, 0.25) is 0 Å². The van der Waals surface area contributed by atoms with Crippen LogP contribution in [0.5, 0.6) is 0 Å². The number of nitrogens with zero attached hydrogens (tertiary/aromatic N) is 2. The Bertz CT molecular complexity index is 1220. The number of Topliss-reactive ketones (excluding diaryl/α,β-unsaturated/α-hetero) is 1. The van der Waals surface area contributed by atoms with E-state index in [9.17, 15) is 31.2 Å². The zero-order chi connectivity index (χ0) is 27.1. The first-order valence-electron chi connectivity index (χ1n) is 10.2. The fourth-order valence-electron chi connectivity index (χ4n) is 2.82. The number of aromatic nitrogens is 1. The van der Waals surface area contributed by atoms with Gasteiger partial charge < -0.3 is 14.7 Å². The van der Waals surface area contributed by atoms with Crippen molar-refractivity contribution in [2.24, 2.45) is 0 Å². The molecule has 1 fully saturated rings. The van der Waals surface area contributed by atoms with Crippen molar-refractivity contribution in [3.8, 4) is 0 Å². The van der Waals surface area contributed by atoms with Crippen molar-refractivity contribution in [2.75, 3.05) is 31.2 Å². The number of rotatable bonds is 6. The molecule has 0 unspecified atom stereocenters. The summed E-state index contributed by atoms with van der Waals surface area (Å²) in [4.78, 5) is 39.1. The molecular formula is C21H21ClF3N3O7S. The van der Waals surface area contributed by atoms with Gasteiger partial charge in [-0.05, 0) is 30.3 Å². The van der Waals surface area contributed by atoms with E-state index in [1.165, 1.54) is 30.5 Å². The Balaban J connectivity index is 0.000000572. The summed E-state index contributed by atoms with van der Waals surface area (Å²) in [5, 5.41) is 7.04. The van der Waals surface area contributed by atoms with Gasteiger partial charge in [0.1, 0.15) is 10.7 Å². The van der Waals surface area contributed by atoms with E-state index in [0.717, 1.165) is 0 Å². The van der Waals surface area contributed by atoms with Gasteiger partial charge in [-0.1, -0.05) is 18.5 Å². The molecule has 3 rings (SSSR count). The van der Waals surface area contributed by atoms with Crippen LogP contribution in [0.2, 0.25) is 5.02 Å². The first kappa shape index (κ1) is 29.0. The number of morpholine rings is 1. The maximum absolute atomic E-state index is 12.6. The number of carbonyl (C=O) groups excluding carboxylic acids is 2. The largest absolute Gasteiger partial charge is 0.490 e. The van der Waals surface area contributed by atoms with Gasteiger partial charge in [-0.25, -0.2) is 22.9 Å². The van der Waals surface area contributed by atoms with Crippen molar-refractivity contribution >= 4 is 45.1 Å². The number of hydrogen-bond acceptors (Lipinski definition) is 8. The SMILES string of the molecule is CCC(=O)c1ccc(Cl)c(S(=O)(=O)NC(=O)c2ccc(N3CCOCC3)nc2)c1.O=C(O)C(F)(F)F. The normalized spacial score (nSPS) is 13.9. The first-order chi connectivity index (χ1) is 16.8. The van der Waals surface area contributed by atoms with Crippen LogP contribution in [-0.4, -0.2) is 68.6 Å². The number of halogens is 4. The van der Waals surface area contributed by atoms with Crippen LogP contribution in [0, 0.1) is 0 Å². The molecule has 1 aliphatic rings. The second-order valence-electron chi connectivity index (χ2n) is 7.16. The number of amides is 1. The maximum Gasteiger partial charge on any atom is 0.490 e. The number of pyridine rings is 1. The Morgan fingerprint density at radius 3 is 2.22 bits per heavy atom. The molecule has 1 aliphatic heterocycles. The summed E-state index contributed by atoms with van der Waals surface area (Å²) in [7, 11) is -4.27. The molecule has 2 aromatic rings. The Kier molecular flexibility index (Phi) is 9.78. The average Bonchev–Trinajstić information content (AvgIpc) is 2.84. The Morgan fingerprint density at radius 2 is 1.72 bits per heavy atom. The van der Waals surface area contributed by atoms with E-state index >= 15 is 0 Å². The number of hydrogen-bond donors (Lipinski definition) is 2. The zero-order valence-corrected chi connectivity index (χ0v) is 20.3. The van der Waals surface area contributed by atoms with Gasteiger partial charge in [-0.2, -0.15) is 13.2 Å². The number of alkyl halides is 3. The molecule has 0 aliphatic carbocycles. The molecule has 0 radical (unpaired) electrons. The van der Waals surface area contributed by atoms with Gasteiger partial charge in [0.05, 0.1) is 23.8 Å². The standard InChI is InChI=1S/C19H20ClN3O5S.C2HF3O2/c1-2-16(24)13-3-5-15(20)17(11-13)29(26,27)22-19(25)14-4-6-18(21-12-14)23-7-9-28-10-8-23;3-2(4,5)1(6)7/h3-6,11-12H,2,7-10H2,1H3,(H,22,25);(H,6,7). The lowest BCUT2D eigenvalue weighted by Gasteiger charge is -2.27. The van der Waals surface area contributed by atoms with Gasteiger partial charge in [0.25, 0.3) is 15.9 Å². The molecule has 1 aromatic carbocycles. The third kappa shape index (κ3) is 7.90. The van der Waals surface area contributed by atoms with E-state index < -0.39 is 28.1 Å². The Hall–Kier alpha value is -3.23. The van der Waals surface area contributed by atoms with Gasteiger partial charge in [-0.3, -0.25) is 9.59 Å². The Labute approximate surface area is 209 Å². The van der Waals surface area contributed by atoms with E-state index in [1.54, 1.807) is 13.0 Å². The fraction of sp³-hybridized carbons (Fsp3) is 0.333. The molecule has 1 aromatic heterocycles. The summed E-state index contributed by atoms with van der Waals surface area (Å²) in [5.74, 6) is -3.14. The van der Waals surface area contributed by atoms with Crippen LogP contribution >= 0.6 is 11.6 Å². The van der Waals surface area contributed by atoms with Gasteiger partial charge >= 0.3 is 12.1 Å². The highest BCUT2D eigenvalue weighted by atomic mass is 35.5. The summed E-state index contributed by atoms with van der Waals surface area (Å²) in [6, 6.07) is 7.09. The highest BCUT2D eigenvalue weighted by Crippen LogP contribution is 2.24. The summed E-state index contributed by atoms with van der Waals surface area (Å²) < 4.78 is 64.3. The topological polar surface area (TPSA) is 143 Å². The molecule has 2 heterocycles. The minimum absolute atomic E-state index is 0.0845. The second-order valence-corrected chi connectivity index (χ2v) is 9.22. The molecule has 1 amide bonds. The van der Waals surface area contributed by atoms with Crippen molar-refractivity contribution in [1.29, 1.82) is 0 Å². The van der Waals surface area contributed by atoms with Crippen LogP contribution < -0.4 is 9.62 Å². The molecule has 0 saturated carbocycles. The quantitative estimate of drug-likeness (QED) is 0.518. The number of ether oxygens (including phenoxy) is 1. The lowest BCUT2D eigenvalue weighted by atomic mass is 10.1. The van der Waals surface area contributed by atoms with Crippen LogP contribution in [-0.2, 0) is 19.6 Å². The van der Waals surface area contributed by atoms with Crippen molar-refractivity contribution in [3.63, 3.8) is 0 Å². The molecule has 0 bridgehead atoms. The lowest BCUT2D eigenvalue weighted by molar-refractivity contribution is -0.192. The summed E-state index contributed by atoms with van der Waals surface area (Å²) in [6.07, 6.45) is -3.55. The molecule has 0 atom stereocenters. The Morgan fingerprint density at radius 1 is 1.14 bits per heavy atom. The number of nitrogens with one attached hydrogen (secondary N) is 1. The van der Waals surface area contributed by atoms with E-state index in [1.807, 2.05) is 9.62 Å². The molecule has 1 saturated heterocycles. The number of aliphatic carboxylic acids is 1. The van der Waals surface area contributed by atoms with Crippen LogP contribution in [0.4, 0.5) is 19.0 Å². The predicted molar refractivity (Wildman–Crippen MR) is 122 cm³/mol. The molecule has 15 heteroatoms. The van der Waals surface area contributed by atoms with Gasteiger partial charge in [0, 0.05) is 31.3 Å². The third-order valence-electron chi connectivity index (χ3n) is 4.68. The number of ketones is 1. The van der Waals surface area contributed by atoms with E-state index in [2.05, 4.69) is 4.98 Å². The highest BCUT2D eigenvalue weighted by molar-refractivity contribution is 7.90. The molecule has 2 N–H and O–H groups in total. The third-order valence-corrected chi connectivity index (χ3v) is 6.49. The predicted octanol–water partition coefficient (Wildman–Crippen LogP) is 2.92. The lowest BCUT2D eigenvalue weighted by Crippen LogP contribution is -2.36. The van der Waals surface area contributed by atoms with Gasteiger partial charge in [-0.15, -0.1) is 0 Å². The highest BCUT2D eigenvalue weighted by Gasteiger charge is 2.38. The van der Waals surface area contributed by atoms with Crippen LogP contribution in [0.25, 0.3) is 0 Å². The number of carboxylic acids is 1. The molecule has 36 heavy (non-hydrogen) atoms. The monoisotopic (exact) mass is 551 g/mol. The van der Waals surface area contributed by atoms with Crippen LogP contribution in [0.3, 0.4) is 0 Å². The van der Waals surface area contributed by atoms with E-state index in [4.69, 9.17) is 26.2 Å². The van der Waals surface area contributed by atoms with E-state index in [0.29, 0.717) is 32.1 Å². The van der Waals surface area contributed by atoms with Crippen LogP contribution in [0.15, 0.2) is 41.4 Å². The second kappa shape index (κ2) is 12.1.